The van der Waals surface area contributed by atoms with Crippen molar-refractivity contribution in [3.05, 3.63) is 0 Å². The molecule has 1 fully saturated rings. The molecule has 2 heteroatoms. The summed E-state index contributed by atoms with van der Waals surface area (Å²) in [7, 11) is 0. The van der Waals surface area contributed by atoms with Crippen LogP contribution in [0.1, 0.15) is 53.4 Å². The van der Waals surface area contributed by atoms with E-state index in [0.717, 1.165) is 12.5 Å². The van der Waals surface area contributed by atoms with Crippen molar-refractivity contribution in [3.8, 4) is 0 Å². The van der Waals surface area contributed by atoms with E-state index >= 15 is 0 Å². The van der Waals surface area contributed by atoms with E-state index < -0.39 is 0 Å². The number of rotatable bonds is 3. The van der Waals surface area contributed by atoms with Gasteiger partial charge in [-0.15, -0.1) is 0 Å². The summed E-state index contributed by atoms with van der Waals surface area (Å²) in [4.78, 5) is 0. The maximum absolute atomic E-state index is 5.80. The van der Waals surface area contributed by atoms with Crippen LogP contribution < -0.4 is 11.1 Å². The highest BCUT2D eigenvalue weighted by Crippen LogP contribution is 2.37. The van der Waals surface area contributed by atoms with E-state index in [2.05, 4.69) is 33.0 Å². The lowest BCUT2D eigenvalue weighted by atomic mass is 9.69. The Kier molecular flexibility index (Phi) is 4.60. The Morgan fingerprint density at radius 1 is 1.27 bits per heavy atom. The lowest BCUT2D eigenvalue weighted by Crippen LogP contribution is -2.47. The molecule has 1 saturated carbocycles. The van der Waals surface area contributed by atoms with Crippen LogP contribution in [0, 0.1) is 11.3 Å². The zero-order valence-electron chi connectivity index (χ0n) is 10.8. The van der Waals surface area contributed by atoms with Crippen LogP contribution in [-0.2, 0) is 0 Å². The van der Waals surface area contributed by atoms with Gasteiger partial charge in [-0.2, -0.15) is 0 Å². The third-order valence-corrected chi connectivity index (χ3v) is 3.58. The van der Waals surface area contributed by atoms with Gasteiger partial charge in [-0.3, -0.25) is 0 Å². The van der Waals surface area contributed by atoms with Crippen molar-refractivity contribution >= 4 is 0 Å². The molecule has 0 aromatic rings. The number of hydrogen-bond donors (Lipinski definition) is 2. The molecule has 0 bridgehead atoms. The summed E-state index contributed by atoms with van der Waals surface area (Å²) in [5.74, 6) is 0.810. The standard InChI is InChI=1S/C13H28N2/c1-10(14)9-15-12-8-6-5-7-11(12)13(2,3)4/h10-12,15H,5-9,14H2,1-4H3. The summed E-state index contributed by atoms with van der Waals surface area (Å²) in [5, 5.41) is 3.65. The minimum Gasteiger partial charge on any atom is -0.327 e. The summed E-state index contributed by atoms with van der Waals surface area (Å²) < 4.78 is 0. The van der Waals surface area contributed by atoms with Crippen LogP contribution in [0.25, 0.3) is 0 Å². The van der Waals surface area contributed by atoms with E-state index in [1.807, 2.05) is 0 Å². The molecule has 0 radical (unpaired) electrons. The van der Waals surface area contributed by atoms with E-state index in [9.17, 15) is 0 Å². The average molecular weight is 212 g/mol. The molecule has 1 aliphatic rings. The number of hydrogen-bond acceptors (Lipinski definition) is 2. The zero-order valence-corrected chi connectivity index (χ0v) is 10.8. The van der Waals surface area contributed by atoms with Crippen molar-refractivity contribution in [1.82, 2.24) is 5.32 Å². The van der Waals surface area contributed by atoms with E-state index in [-0.39, 0.29) is 6.04 Å². The first-order valence-corrected chi connectivity index (χ1v) is 6.40. The normalized spacial score (nSPS) is 30.2. The third kappa shape index (κ3) is 4.12. The molecule has 3 N–H and O–H groups in total. The first-order chi connectivity index (χ1) is 6.91. The van der Waals surface area contributed by atoms with Crippen molar-refractivity contribution < 1.29 is 0 Å². The molecule has 0 saturated heterocycles. The van der Waals surface area contributed by atoms with Crippen LogP contribution in [-0.4, -0.2) is 18.6 Å². The molecule has 0 amide bonds. The Balaban J connectivity index is 2.50. The smallest absolute Gasteiger partial charge is 0.0136 e. The molecule has 15 heavy (non-hydrogen) atoms. The average Bonchev–Trinajstić information content (AvgIpc) is 2.13. The molecule has 0 heterocycles. The van der Waals surface area contributed by atoms with Crippen LogP contribution in [0.15, 0.2) is 0 Å². The number of nitrogens with two attached hydrogens (primary N) is 1. The van der Waals surface area contributed by atoms with Gasteiger partial charge in [-0.05, 0) is 31.1 Å². The Hall–Kier alpha value is -0.0800. The second-order valence-electron chi connectivity index (χ2n) is 6.25. The summed E-state index contributed by atoms with van der Waals surface area (Å²) in [5.41, 5.74) is 6.23. The molecule has 1 aliphatic carbocycles. The molecule has 0 aliphatic heterocycles. The Morgan fingerprint density at radius 2 is 1.87 bits per heavy atom. The molecular formula is C13H28N2. The zero-order chi connectivity index (χ0) is 11.5. The van der Waals surface area contributed by atoms with Crippen LogP contribution in [0.4, 0.5) is 0 Å². The highest BCUT2D eigenvalue weighted by atomic mass is 14.9. The van der Waals surface area contributed by atoms with Gasteiger partial charge in [0.1, 0.15) is 0 Å². The fraction of sp³-hybridized carbons (Fsp3) is 1.00. The van der Waals surface area contributed by atoms with Gasteiger partial charge < -0.3 is 11.1 Å². The summed E-state index contributed by atoms with van der Waals surface area (Å²) in [6, 6.07) is 0.956. The van der Waals surface area contributed by atoms with Crippen molar-refractivity contribution in [3.63, 3.8) is 0 Å². The first-order valence-electron chi connectivity index (χ1n) is 6.40. The third-order valence-electron chi connectivity index (χ3n) is 3.58. The second kappa shape index (κ2) is 5.31. The molecule has 0 spiro atoms. The second-order valence-corrected chi connectivity index (χ2v) is 6.25. The largest absolute Gasteiger partial charge is 0.327 e. The molecule has 90 valence electrons. The highest BCUT2D eigenvalue weighted by molar-refractivity contribution is 4.88. The van der Waals surface area contributed by atoms with Gasteiger partial charge in [0.25, 0.3) is 0 Å². The van der Waals surface area contributed by atoms with Gasteiger partial charge in [-0.25, -0.2) is 0 Å². The predicted octanol–water partition coefficient (Wildman–Crippen LogP) is 2.53. The molecule has 1 rings (SSSR count). The van der Waals surface area contributed by atoms with E-state index in [1.165, 1.54) is 25.7 Å². The van der Waals surface area contributed by atoms with Crippen molar-refractivity contribution in [2.75, 3.05) is 6.54 Å². The maximum Gasteiger partial charge on any atom is 0.0136 e. The van der Waals surface area contributed by atoms with Crippen molar-refractivity contribution in [2.24, 2.45) is 17.1 Å². The van der Waals surface area contributed by atoms with Crippen molar-refractivity contribution in [1.29, 1.82) is 0 Å². The Morgan fingerprint density at radius 3 is 2.40 bits per heavy atom. The Labute approximate surface area is 95.0 Å². The lowest BCUT2D eigenvalue weighted by Gasteiger charge is -2.41. The SMILES string of the molecule is CC(N)CNC1CCCCC1C(C)(C)C. The van der Waals surface area contributed by atoms with Gasteiger partial charge in [0.15, 0.2) is 0 Å². The van der Waals surface area contributed by atoms with Crippen LogP contribution in [0.5, 0.6) is 0 Å². The van der Waals surface area contributed by atoms with Gasteiger partial charge in [-0.1, -0.05) is 33.6 Å². The molecular weight excluding hydrogens is 184 g/mol. The first kappa shape index (κ1) is 13.0. The van der Waals surface area contributed by atoms with Gasteiger partial charge in [0, 0.05) is 18.6 Å². The quantitative estimate of drug-likeness (QED) is 0.754. The van der Waals surface area contributed by atoms with Crippen LogP contribution in [0.2, 0.25) is 0 Å². The van der Waals surface area contributed by atoms with Crippen LogP contribution >= 0.6 is 0 Å². The van der Waals surface area contributed by atoms with E-state index in [0.29, 0.717) is 11.5 Å². The van der Waals surface area contributed by atoms with E-state index in [4.69, 9.17) is 5.73 Å². The monoisotopic (exact) mass is 212 g/mol. The topological polar surface area (TPSA) is 38.0 Å². The summed E-state index contributed by atoms with van der Waals surface area (Å²) in [6.45, 7) is 10.1. The minimum atomic E-state index is 0.271. The molecule has 3 atom stereocenters. The molecule has 0 aromatic heterocycles. The molecule has 0 aromatic carbocycles. The fourth-order valence-electron chi connectivity index (χ4n) is 2.75. The van der Waals surface area contributed by atoms with Crippen molar-refractivity contribution in [2.45, 2.75) is 65.5 Å². The maximum atomic E-state index is 5.80. The lowest BCUT2D eigenvalue weighted by molar-refractivity contribution is 0.130. The van der Waals surface area contributed by atoms with Crippen LogP contribution in [0.3, 0.4) is 0 Å². The van der Waals surface area contributed by atoms with E-state index in [1.54, 1.807) is 0 Å². The number of nitrogens with one attached hydrogen (secondary N) is 1. The van der Waals surface area contributed by atoms with Gasteiger partial charge in [0.05, 0.1) is 0 Å². The Bertz CT molecular complexity index is 181. The highest BCUT2D eigenvalue weighted by Gasteiger charge is 2.33. The molecule has 3 unspecified atom stereocenters. The molecule has 2 nitrogen and oxygen atoms in total. The summed E-state index contributed by atoms with van der Waals surface area (Å²) in [6.07, 6.45) is 5.48. The van der Waals surface area contributed by atoms with Gasteiger partial charge in [0.2, 0.25) is 0 Å². The fourth-order valence-corrected chi connectivity index (χ4v) is 2.75. The predicted molar refractivity (Wildman–Crippen MR) is 66.9 cm³/mol. The minimum absolute atomic E-state index is 0.271. The van der Waals surface area contributed by atoms with Gasteiger partial charge >= 0.3 is 0 Å². The summed E-state index contributed by atoms with van der Waals surface area (Å²) >= 11 is 0.